The molecule has 0 saturated carbocycles. The number of carbonyl (C=O) groups excluding carboxylic acids is 1. The lowest BCUT2D eigenvalue weighted by molar-refractivity contribution is -0.138. The maximum absolute atomic E-state index is 12.7. The Balaban J connectivity index is 2.56. The molecule has 1 N–H and O–H groups in total. The van der Waals surface area contributed by atoms with Crippen LogP contribution in [0, 0.1) is 5.92 Å². The highest BCUT2D eigenvalue weighted by Gasteiger charge is 2.27. The summed E-state index contributed by atoms with van der Waals surface area (Å²) in [6.45, 7) is 9.60. The summed E-state index contributed by atoms with van der Waals surface area (Å²) in [6, 6.07) is 0.407. The van der Waals surface area contributed by atoms with Crippen LogP contribution >= 0.6 is 0 Å². The Morgan fingerprint density at radius 2 is 1.89 bits per heavy atom. The van der Waals surface area contributed by atoms with Gasteiger partial charge in [-0.2, -0.15) is 0 Å². The van der Waals surface area contributed by atoms with Gasteiger partial charge in [0.15, 0.2) is 0 Å². The minimum atomic E-state index is 0.266. The van der Waals surface area contributed by atoms with E-state index in [0.29, 0.717) is 11.9 Å². The lowest BCUT2D eigenvalue weighted by atomic mass is 9.95. The average Bonchev–Trinajstić information content (AvgIpc) is 2.44. The van der Waals surface area contributed by atoms with Crippen LogP contribution in [0.1, 0.15) is 65.7 Å². The number of nitrogens with one attached hydrogen (secondary N) is 1. The molecule has 112 valence electrons. The molecule has 1 rings (SSSR count). The Morgan fingerprint density at radius 1 is 1.21 bits per heavy atom. The zero-order valence-corrected chi connectivity index (χ0v) is 13.1. The van der Waals surface area contributed by atoms with Gasteiger partial charge in [0.25, 0.3) is 0 Å². The van der Waals surface area contributed by atoms with E-state index in [1.807, 2.05) is 0 Å². The zero-order valence-electron chi connectivity index (χ0n) is 13.1. The third-order valence-electron chi connectivity index (χ3n) is 4.21. The van der Waals surface area contributed by atoms with E-state index in [4.69, 9.17) is 0 Å². The van der Waals surface area contributed by atoms with Crippen molar-refractivity contribution in [3.63, 3.8) is 0 Å². The second-order valence-electron chi connectivity index (χ2n) is 5.90. The van der Waals surface area contributed by atoms with Gasteiger partial charge in [0.2, 0.25) is 5.91 Å². The van der Waals surface area contributed by atoms with Crippen molar-refractivity contribution >= 4 is 5.91 Å². The van der Waals surface area contributed by atoms with Crippen molar-refractivity contribution in [1.82, 2.24) is 10.2 Å². The fraction of sp³-hybridized carbons (Fsp3) is 0.938. The molecule has 0 bridgehead atoms. The first kappa shape index (κ1) is 16.5. The highest BCUT2D eigenvalue weighted by Crippen LogP contribution is 2.19. The van der Waals surface area contributed by atoms with Crippen LogP contribution in [0.4, 0.5) is 0 Å². The van der Waals surface area contributed by atoms with Crippen molar-refractivity contribution in [2.24, 2.45) is 5.92 Å². The van der Waals surface area contributed by atoms with Gasteiger partial charge in [-0.1, -0.05) is 33.1 Å². The molecule has 0 aromatic rings. The molecule has 0 aromatic heterocycles. The van der Waals surface area contributed by atoms with E-state index in [0.717, 1.165) is 51.7 Å². The molecular weight excluding hydrogens is 236 g/mol. The molecule has 1 heterocycles. The van der Waals surface area contributed by atoms with Crippen molar-refractivity contribution in [1.29, 1.82) is 0 Å². The first-order chi connectivity index (χ1) is 9.20. The molecule has 0 spiro atoms. The lowest BCUT2D eigenvalue weighted by Gasteiger charge is -2.34. The second kappa shape index (κ2) is 9.35. The van der Waals surface area contributed by atoms with Crippen molar-refractivity contribution in [3.05, 3.63) is 0 Å². The van der Waals surface area contributed by atoms with Gasteiger partial charge in [-0.3, -0.25) is 4.79 Å². The fourth-order valence-electron chi connectivity index (χ4n) is 2.96. The smallest absolute Gasteiger partial charge is 0.226 e. The summed E-state index contributed by atoms with van der Waals surface area (Å²) in [7, 11) is 0. The van der Waals surface area contributed by atoms with Gasteiger partial charge >= 0.3 is 0 Å². The largest absolute Gasteiger partial charge is 0.340 e. The molecule has 1 aliphatic rings. The van der Waals surface area contributed by atoms with Crippen LogP contribution in [0.25, 0.3) is 0 Å². The van der Waals surface area contributed by atoms with Crippen LogP contribution in [0.5, 0.6) is 0 Å². The van der Waals surface area contributed by atoms with E-state index in [2.05, 4.69) is 31.0 Å². The second-order valence-corrected chi connectivity index (χ2v) is 5.90. The Kier molecular flexibility index (Phi) is 8.11. The van der Waals surface area contributed by atoms with Gasteiger partial charge in [0, 0.05) is 18.5 Å². The SMILES string of the molecule is CCCCCN(C(=O)C1CCNCC1)C(C)CCC. The Morgan fingerprint density at radius 3 is 2.47 bits per heavy atom. The lowest BCUT2D eigenvalue weighted by Crippen LogP contribution is -2.45. The first-order valence-corrected chi connectivity index (χ1v) is 8.21. The summed E-state index contributed by atoms with van der Waals surface area (Å²) < 4.78 is 0. The maximum atomic E-state index is 12.7. The molecule has 1 saturated heterocycles. The van der Waals surface area contributed by atoms with E-state index < -0.39 is 0 Å². The van der Waals surface area contributed by atoms with Gasteiger partial charge < -0.3 is 10.2 Å². The first-order valence-electron chi connectivity index (χ1n) is 8.21. The molecular formula is C16H32N2O. The number of piperidine rings is 1. The van der Waals surface area contributed by atoms with E-state index in [-0.39, 0.29) is 5.92 Å². The quantitative estimate of drug-likeness (QED) is 0.686. The normalized spacial score (nSPS) is 18.3. The zero-order chi connectivity index (χ0) is 14.1. The fourth-order valence-corrected chi connectivity index (χ4v) is 2.96. The third-order valence-corrected chi connectivity index (χ3v) is 4.21. The van der Waals surface area contributed by atoms with Crippen LogP contribution in [-0.4, -0.2) is 36.5 Å². The molecule has 1 amide bonds. The number of amides is 1. The monoisotopic (exact) mass is 268 g/mol. The third kappa shape index (κ3) is 5.52. The maximum Gasteiger partial charge on any atom is 0.226 e. The van der Waals surface area contributed by atoms with E-state index in [9.17, 15) is 4.79 Å². The van der Waals surface area contributed by atoms with E-state index in [1.165, 1.54) is 12.8 Å². The summed E-state index contributed by atoms with van der Waals surface area (Å²) >= 11 is 0. The predicted octanol–water partition coefficient (Wildman–Crippen LogP) is 3.19. The molecule has 3 nitrogen and oxygen atoms in total. The predicted molar refractivity (Wildman–Crippen MR) is 81.2 cm³/mol. The van der Waals surface area contributed by atoms with Crippen molar-refractivity contribution in [3.8, 4) is 0 Å². The van der Waals surface area contributed by atoms with Crippen molar-refractivity contribution < 1.29 is 4.79 Å². The topological polar surface area (TPSA) is 32.3 Å². The summed E-state index contributed by atoms with van der Waals surface area (Å²) in [5, 5.41) is 3.34. The van der Waals surface area contributed by atoms with Gasteiger partial charge in [-0.05, 0) is 45.7 Å². The Labute approximate surface area is 119 Å². The van der Waals surface area contributed by atoms with E-state index >= 15 is 0 Å². The number of unbranched alkanes of at least 4 members (excludes halogenated alkanes) is 2. The number of nitrogens with zero attached hydrogens (tertiary/aromatic N) is 1. The molecule has 19 heavy (non-hydrogen) atoms. The summed E-state index contributed by atoms with van der Waals surface area (Å²) in [4.78, 5) is 14.9. The molecule has 1 unspecified atom stereocenters. The molecule has 0 aliphatic carbocycles. The highest BCUT2D eigenvalue weighted by molar-refractivity contribution is 5.79. The minimum Gasteiger partial charge on any atom is -0.340 e. The van der Waals surface area contributed by atoms with Crippen LogP contribution in [0.2, 0.25) is 0 Å². The van der Waals surface area contributed by atoms with Gasteiger partial charge in [0.1, 0.15) is 0 Å². The Bertz CT molecular complexity index is 249. The number of carbonyl (C=O) groups is 1. The van der Waals surface area contributed by atoms with Crippen LogP contribution < -0.4 is 5.32 Å². The molecule has 0 radical (unpaired) electrons. The Hall–Kier alpha value is -0.570. The van der Waals surface area contributed by atoms with Gasteiger partial charge in [0.05, 0.1) is 0 Å². The molecule has 3 heteroatoms. The molecule has 0 aromatic carbocycles. The summed E-state index contributed by atoms with van der Waals surface area (Å²) in [6.07, 6.45) is 7.92. The molecule has 1 atom stereocenters. The van der Waals surface area contributed by atoms with Gasteiger partial charge in [-0.25, -0.2) is 0 Å². The van der Waals surface area contributed by atoms with Crippen LogP contribution in [0.3, 0.4) is 0 Å². The summed E-state index contributed by atoms with van der Waals surface area (Å²) in [5.74, 6) is 0.681. The van der Waals surface area contributed by atoms with E-state index in [1.54, 1.807) is 0 Å². The molecule has 1 fully saturated rings. The number of rotatable bonds is 8. The standard InChI is InChI=1S/C16H32N2O/c1-4-6-7-13-18(14(3)8-5-2)16(19)15-9-11-17-12-10-15/h14-15,17H,4-13H2,1-3H3. The molecule has 1 aliphatic heterocycles. The average molecular weight is 268 g/mol. The summed E-state index contributed by atoms with van der Waals surface area (Å²) in [5.41, 5.74) is 0. The number of hydrogen-bond donors (Lipinski definition) is 1. The number of hydrogen-bond acceptors (Lipinski definition) is 2. The van der Waals surface area contributed by atoms with Crippen molar-refractivity contribution in [2.45, 2.75) is 71.8 Å². The highest BCUT2D eigenvalue weighted by atomic mass is 16.2. The van der Waals surface area contributed by atoms with Crippen LogP contribution in [0.15, 0.2) is 0 Å². The minimum absolute atomic E-state index is 0.266. The van der Waals surface area contributed by atoms with Crippen LogP contribution in [-0.2, 0) is 4.79 Å². The van der Waals surface area contributed by atoms with Gasteiger partial charge in [-0.15, -0.1) is 0 Å². The van der Waals surface area contributed by atoms with Crippen molar-refractivity contribution in [2.75, 3.05) is 19.6 Å².